The second-order valence-electron chi connectivity index (χ2n) is 4.93. The molecule has 0 aliphatic rings. The van der Waals surface area contributed by atoms with E-state index in [1.54, 1.807) is 29.8 Å². The number of amidine groups is 2. The van der Waals surface area contributed by atoms with Gasteiger partial charge in [-0.25, -0.2) is 23.7 Å². The minimum atomic E-state index is -0.468. The van der Waals surface area contributed by atoms with E-state index in [0.717, 1.165) is 6.20 Å². The number of hydrogen-bond acceptors (Lipinski definition) is 4. The van der Waals surface area contributed by atoms with E-state index in [1.165, 1.54) is 29.5 Å². The highest BCUT2D eigenvalue weighted by Gasteiger charge is 2.09. The molecule has 0 aliphatic carbocycles. The lowest BCUT2D eigenvalue weighted by molar-refractivity contribution is 0.611. The highest BCUT2D eigenvalue weighted by molar-refractivity contribution is 7.11. The Kier molecular flexibility index (Phi) is 7.69. The van der Waals surface area contributed by atoms with E-state index in [-0.39, 0.29) is 24.0 Å². The molecule has 0 radical (unpaired) electrons. The predicted molar refractivity (Wildman–Crippen MR) is 105 cm³/mol. The molecule has 2 aromatic heterocycles. The lowest BCUT2D eigenvalue weighted by Gasteiger charge is -2.03. The Bertz CT molecular complexity index is 906. The molecule has 0 saturated heterocycles. The summed E-state index contributed by atoms with van der Waals surface area (Å²) in [7, 11) is 0. The molecule has 0 amide bonds. The van der Waals surface area contributed by atoms with Crippen LogP contribution in [0.4, 0.5) is 8.78 Å². The Balaban J connectivity index is 0.00000126. The summed E-state index contributed by atoms with van der Waals surface area (Å²) in [6.07, 6.45) is 2.66. The van der Waals surface area contributed by atoms with Crippen LogP contribution in [0.5, 0.6) is 0 Å². The van der Waals surface area contributed by atoms with Gasteiger partial charge in [-0.2, -0.15) is 0 Å². The van der Waals surface area contributed by atoms with E-state index in [4.69, 9.17) is 5.73 Å². The van der Waals surface area contributed by atoms with Crippen LogP contribution in [0, 0.1) is 11.6 Å². The van der Waals surface area contributed by atoms with Crippen LogP contribution in [-0.2, 0) is 6.54 Å². The summed E-state index contributed by atoms with van der Waals surface area (Å²) in [6, 6.07) is 9.02. The van der Waals surface area contributed by atoms with E-state index >= 15 is 0 Å². The maximum atomic E-state index is 13.8. The van der Waals surface area contributed by atoms with Crippen molar-refractivity contribution in [2.75, 3.05) is 0 Å². The van der Waals surface area contributed by atoms with Gasteiger partial charge in [0.15, 0.2) is 16.7 Å². The van der Waals surface area contributed by atoms with Crippen LogP contribution in [0.1, 0.15) is 30.1 Å². The maximum absolute atomic E-state index is 13.8. The molecule has 5 nitrogen and oxygen atoms in total. The lowest BCUT2D eigenvalue weighted by atomic mass is 10.2. The van der Waals surface area contributed by atoms with Gasteiger partial charge in [0.1, 0.15) is 17.3 Å². The zero-order chi connectivity index (χ0) is 19.6. The number of thiazole rings is 1. The molecule has 2 N–H and O–H groups in total. The minimum absolute atomic E-state index is 0.0717. The molecule has 1 aromatic carbocycles. The second-order valence-corrected chi connectivity index (χ2v) is 5.82. The Morgan fingerprint density at radius 2 is 1.89 bits per heavy atom. The van der Waals surface area contributed by atoms with E-state index in [1.807, 2.05) is 13.8 Å². The molecule has 3 aromatic rings. The molecule has 140 valence electrons. The van der Waals surface area contributed by atoms with E-state index < -0.39 is 5.82 Å². The molecule has 0 atom stereocenters. The molecule has 0 unspecified atom stereocenters. The van der Waals surface area contributed by atoms with Crippen molar-refractivity contribution < 1.29 is 8.78 Å². The first kappa shape index (κ1) is 20.3. The molecule has 27 heavy (non-hydrogen) atoms. The summed E-state index contributed by atoms with van der Waals surface area (Å²) in [5.41, 5.74) is 6.69. The van der Waals surface area contributed by atoms with Crippen LogP contribution < -0.4 is 5.73 Å². The van der Waals surface area contributed by atoms with Gasteiger partial charge in [-0.15, -0.1) is 11.3 Å². The Morgan fingerprint density at radius 3 is 2.52 bits per heavy atom. The largest absolute Gasteiger partial charge is 0.382 e. The monoisotopic (exact) mass is 387 g/mol. The maximum Gasteiger partial charge on any atom is 0.186 e. The lowest BCUT2D eigenvalue weighted by Crippen LogP contribution is -2.18. The highest BCUT2D eigenvalue weighted by Crippen LogP contribution is 2.12. The van der Waals surface area contributed by atoms with Crippen LogP contribution in [0.15, 0.2) is 64.2 Å². The van der Waals surface area contributed by atoms with Gasteiger partial charge < -0.3 is 5.73 Å². The number of benzene rings is 1. The van der Waals surface area contributed by atoms with E-state index in [0.29, 0.717) is 16.3 Å². The third kappa shape index (κ3) is 5.75. The van der Waals surface area contributed by atoms with Crippen molar-refractivity contribution in [1.29, 1.82) is 0 Å². The van der Waals surface area contributed by atoms with Gasteiger partial charge in [-0.1, -0.05) is 32.0 Å². The quantitative estimate of drug-likeness (QED) is 0.538. The van der Waals surface area contributed by atoms with Crippen molar-refractivity contribution in [3.8, 4) is 0 Å². The van der Waals surface area contributed by atoms with E-state index in [9.17, 15) is 8.78 Å². The molecule has 2 heterocycles. The molecule has 0 spiro atoms. The van der Waals surface area contributed by atoms with Crippen molar-refractivity contribution >= 4 is 23.0 Å². The molecule has 3 rings (SSSR count). The Labute approximate surface area is 160 Å². The number of pyridine rings is 1. The fraction of sp³-hybridized carbons (Fsp3) is 0.158. The molecule has 0 saturated carbocycles. The molecule has 8 heteroatoms. The Hall–Kier alpha value is -3.00. The molecular weight excluding hydrogens is 368 g/mol. The van der Waals surface area contributed by atoms with Crippen molar-refractivity contribution in [2.45, 2.75) is 20.4 Å². The summed E-state index contributed by atoms with van der Waals surface area (Å²) in [4.78, 5) is 16.6. The van der Waals surface area contributed by atoms with Gasteiger partial charge >= 0.3 is 0 Å². The van der Waals surface area contributed by atoms with Gasteiger partial charge in [-0.05, 0) is 18.2 Å². The number of nitrogens with two attached hydrogens (primary N) is 1. The van der Waals surface area contributed by atoms with Gasteiger partial charge in [0, 0.05) is 17.1 Å². The Morgan fingerprint density at radius 1 is 1.11 bits per heavy atom. The highest BCUT2D eigenvalue weighted by atomic mass is 32.1. The van der Waals surface area contributed by atoms with Gasteiger partial charge in [0.25, 0.3) is 0 Å². The average Bonchev–Trinajstić information content (AvgIpc) is 3.23. The standard InChI is InChI=1S/C17H13F2N5S.C2H6/c18-12-5-6-14(22-10-12)15(20)24-16(17-21-7-8-25-17)23-9-11-3-1-2-4-13(11)19;1-2/h1-8,10H,9H2,(H2,20,23,24);1-2H3. The first-order valence-corrected chi connectivity index (χ1v) is 9.15. The van der Waals surface area contributed by atoms with Crippen LogP contribution in [0.2, 0.25) is 0 Å². The average molecular weight is 387 g/mol. The smallest absolute Gasteiger partial charge is 0.186 e. The molecular formula is C19H19F2N5S. The summed E-state index contributed by atoms with van der Waals surface area (Å²) in [5, 5.41) is 2.32. The second kappa shape index (κ2) is 10.2. The minimum Gasteiger partial charge on any atom is -0.382 e. The number of hydrogen-bond donors (Lipinski definition) is 1. The van der Waals surface area contributed by atoms with Crippen molar-refractivity contribution in [2.24, 2.45) is 15.7 Å². The summed E-state index contributed by atoms with van der Waals surface area (Å²) in [6.45, 7) is 4.09. The van der Waals surface area contributed by atoms with Gasteiger partial charge in [-0.3, -0.25) is 4.99 Å². The van der Waals surface area contributed by atoms with Gasteiger partial charge in [0.2, 0.25) is 0 Å². The topological polar surface area (TPSA) is 76.5 Å². The van der Waals surface area contributed by atoms with Crippen LogP contribution in [0.25, 0.3) is 0 Å². The van der Waals surface area contributed by atoms with Crippen LogP contribution in [0.3, 0.4) is 0 Å². The number of aliphatic imine (C=N–C) groups is 2. The van der Waals surface area contributed by atoms with E-state index in [2.05, 4.69) is 20.0 Å². The zero-order valence-corrected chi connectivity index (χ0v) is 15.8. The fourth-order valence-corrected chi connectivity index (χ4v) is 2.56. The first-order chi connectivity index (χ1) is 13.1. The van der Waals surface area contributed by atoms with Crippen molar-refractivity contribution in [1.82, 2.24) is 9.97 Å². The van der Waals surface area contributed by atoms with Crippen LogP contribution >= 0.6 is 11.3 Å². The van der Waals surface area contributed by atoms with Crippen molar-refractivity contribution in [3.05, 3.63) is 82.1 Å². The fourth-order valence-electron chi connectivity index (χ4n) is 1.97. The number of aromatic nitrogens is 2. The number of halogens is 2. The van der Waals surface area contributed by atoms with Crippen molar-refractivity contribution in [3.63, 3.8) is 0 Å². The predicted octanol–water partition coefficient (Wildman–Crippen LogP) is 4.19. The summed E-state index contributed by atoms with van der Waals surface area (Å²) in [5.74, 6) is -0.476. The number of nitrogens with zero attached hydrogens (tertiary/aromatic N) is 4. The van der Waals surface area contributed by atoms with Gasteiger partial charge in [0.05, 0.1) is 12.7 Å². The third-order valence-electron chi connectivity index (χ3n) is 3.20. The SMILES string of the molecule is CC.NC(=NC(=NCc1ccccc1F)c1nccs1)c1ccc(F)cn1. The molecule has 0 aliphatic heterocycles. The summed E-state index contributed by atoms with van der Waals surface area (Å²) >= 11 is 1.33. The molecule has 0 fully saturated rings. The van der Waals surface area contributed by atoms with Crippen LogP contribution in [-0.4, -0.2) is 21.6 Å². The molecule has 0 bridgehead atoms. The summed E-state index contributed by atoms with van der Waals surface area (Å²) < 4.78 is 26.7. The normalized spacial score (nSPS) is 11.7. The first-order valence-electron chi connectivity index (χ1n) is 8.27. The third-order valence-corrected chi connectivity index (χ3v) is 3.97. The zero-order valence-electron chi connectivity index (χ0n) is 14.9. The number of rotatable bonds is 4.